The summed E-state index contributed by atoms with van der Waals surface area (Å²) in [5, 5.41) is 0. The smallest absolute Gasteiger partial charge is 0.150 e. The summed E-state index contributed by atoms with van der Waals surface area (Å²) in [4.78, 5) is 0. The highest BCUT2D eigenvalue weighted by molar-refractivity contribution is 7.91. The van der Waals surface area contributed by atoms with Crippen molar-refractivity contribution >= 4 is 21.2 Å². The summed E-state index contributed by atoms with van der Waals surface area (Å²) in [7, 11) is -0.0924. The summed E-state index contributed by atoms with van der Waals surface area (Å²) in [6.07, 6.45) is 0.836. The van der Waals surface area contributed by atoms with Crippen LogP contribution in [0, 0.1) is 0 Å². The first-order chi connectivity index (χ1) is 11.8. The first kappa shape index (κ1) is 18.9. The number of sulfone groups is 1. The Morgan fingerprint density at radius 1 is 0.800 bits per heavy atom. The van der Waals surface area contributed by atoms with Crippen molar-refractivity contribution in [1.29, 1.82) is 0 Å². The van der Waals surface area contributed by atoms with E-state index >= 15 is 0 Å². The largest absolute Gasteiger partial charge is 0.495 e. The van der Waals surface area contributed by atoms with Gasteiger partial charge in [0.05, 0.1) is 37.1 Å². The van der Waals surface area contributed by atoms with Crippen LogP contribution < -0.4 is 20.9 Å². The number of benzene rings is 2. The van der Waals surface area contributed by atoms with E-state index in [2.05, 4.69) is 0 Å². The van der Waals surface area contributed by atoms with Gasteiger partial charge in [0, 0.05) is 0 Å². The van der Waals surface area contributed by atoms with E-state index in [0.717, 1.165) is 11.1 Å². The monoisotopic (exact) mass is 364 g/mol. The highest BCUT2D eigenvalue weighted by atomic mass is 32.2. The van der Waals surface area contributed by atoms with Crippen molar-refractivity contribution < 1.29 is 17.9 Å². The molecule has 2 aromatic rings. The number of nitrogens with two attached hydrogens (primary N) is 2. The molecular weight excluding hydrogens is 340 g/mol. The van der Waals surface area contributed by atoms with Crippen LogP contribution in [0.25, 0.3) is 0 Å². The number of anilines is 2. The molecule has 0 saturated heterocycles. The third kappa shape index (κ3) is 5.29. The molecule has 2 rings (SSSR count). The van der Waals surface area contributed by atoms with Gasteiger partial charge in [-0.3, -0.25) is 0 Å². The van der Waals surface area contributed by atoms with Crippen molar-refractivity contribution in [3.8, 4) is 11.5 Å². The van der Waals surface area contributed by atoms with Gasteiger partial charge in [-0.15, -0.1) is 0 Å². The predicted molar refractivity (Wildman–Crippen MR) is 101 cm³/mol. The molecule has 0 bridgehead atoms. The maximum absolute atomic E-state index is 12.3. The summed E-state index contributed by atoms with van der Waals surface area (Å²) in [6.45, 7) is 0. The van der Waals surface area contributed by atoms with Gasteiger partial charge in [-0.25, -0.2) is 8.42 Å². The highest BCUT2D eigenvalue weighted by Crippen LogP contribution is 2.23. The van der Waals surface area contributed by atoms with Crippen molar-refractivity contribution in [2.24, 2.45) is 0 Å². The highest BCUT2D eigenvalue weighted by Gasteiger charge is 2.13. The maximum Gasteiger partial charge on any atom is 0.150 e. The molecule has 0 unspecified atom stereocenters. The van der Waals surface area contributed by atoms with Gasteiger partial charge in [-0.05, 0) is 48.2 Å². The van der Waals surface area contributed by atoms with Gasteiger partial charge >= 0.3 is 0 Å². The van der Waals surface area contributed by atoms with Gasteiger partial charge in [0.15, 0.2) is 9.84 Å². The van der Waals surface area contributed by atoms with E-state index in [-0.39, 0.29) is 11.5 Å². The van der Waals surface area contributed by atoms with E-state index < -0.39 is 9.84 Å². The zero-order chi connectivity index (χ0) is 18.4. The number of aryl methyl sites for hydroxylation is 2. The number of hydrogen-bond donors (Lipinski definition) is 2. The van der Waals surface area contributed by atoms with Gasteiger partial charge < -0.3 is 20.9 Å². The Morgan fingerprint density at radius 2 is 1.20 bits per heavy atom. The summed E-state index contributed by atoms with van der Waals surface area (Å²) >= 11 is 0. The van der Waals surface area contributed by atoms with E-state index in [4.69, 9.17) is 20.9 Å². The van der Waals surface area contributed by atoms with E-state index in [1.807, 2.05) is 12.1 Å². The predicted octanol–water partition coefficient (Wildman–Crippen LogP) is 2.07. The van der Waals surface area contributed by atoms with Crippen LogP contribution in [-0.4, -0.2) is 34.1 Å². The standard InChI is InChI=1S/C18H24N2O4S/c1-23-17-5-3-13(11-15(17)19)7-9-25(21,22)10-8-14-4-6-18(24-2)16(20)12-14/h3-6,11-12H,7-10,19-20H2,1-2H3. The summed E-state index contributed by atoms with van der Waals surface area (Å²) < 4.78 is 34.8. The second-order valence-corrected chi connectivity index (χ2v) is 8.11. The molecule has 0 spiro atoms. The average Bonchev–Trinajstić information content (AvgIpc) is 2.59. The lowest BCUT2D eigenvalue weighted by Gasteiger charge is -2.09. The molecule has 136 valence electrons. The lowest BCUT2D eigenvalue weighted by molar-refractivity contribution is 0.417. The third-order valence-electron chi connectivity index (χ3n) is 3.99. The van der Waals surface area contributed by atoms with Crippen molar-refractivity contribution in [2.75, 3.05) is 37.2 Å². The van der Waals surface area contributed by atoms with E-state index in [1.165, 1.54) is 0 Å². The zero-order valence-corrected chi connectivity index (χ0v) is 15.3. The number of methoxy groups -OCH3 is 2. The fraction of sp³-hybridized carbons (Fsp3) is 0.333. The minimum absolute atomic E-state index is 0.0738. The van der Waals surface area contributed by atoms with Crippen molar-refractivity contribution in [1.82, 2.24) is 0 Å². The Morgan fingerprint density at radius 3 is 1.52 bits per heavy atom. The molecule has 0 aliphatic rings. The second-order valence-electron chi connectivity index (χ2n) is 5.80. The number of rotatable bonds is 8. The Hall–Kier alpha value is -2.41. The Kier molecular flexibility index (Phi) is 6.14. The molecule has 0 aliphatic heterocycles. The Bertz CT molecular complexity index is 771. The molecule has 0 heterocycles. The summed E-state index contributed by atoms with van der Waals surface area (Å²) in [5.74, 6) is 1.32. The molecule has 2 aromatic carbocycles. The molecule has 0 radical (unpaired) electrons. The van der Waals surface area contributed by atoms with Crippen LogP contribution >= 0.6 is 0 Å². The van der Waals surface area contributed by atoms with Crippen LogP contribution in [0.3, 0.4) is 0 Å². The molecule has 0 atom stereocenters. The van der Waals surface area contributed by atoms with Crippen LogP contribution in [0.2, 0.25) is 0 Å². The minimum atomic E-state index is -3.18. The molecule has 0 saturated carbocycles. The SMILES string of the molecule is COc1ccc(CCS(=O)(=O)CCc2ccc(OC)c(N)c2)cc1N. The molecule has 0 aromatic heterocycles. The number of hydrogen-bond acceptors (Lipinski definition) is 6. The third-order valence-corrected chi connectivity index (χ3v) is 5.64. The van der Waals surface area contributed by atoms with Crippen LogP contribution in [0.15, 0.2) is 36.4 Å². The van der Waals surface area contributed by atoms with Gasteiger partial charge in [-0.2, -0.15) is 0 Å². The molecule has 6 nitrogen and oxygen atoms in total. The molecular formula is C18H24N2O4S. The molecule has 4 N–H and O–H groups in total. The van der Waals surface area contributed by atoms with Crippen molar-refractivity contribution in [3.05, 3.63) is 47.5 Å². The van der Waals surface area contributed by atoms with Gasteiger partial charge in [0.25, 0.3) is 0 Å². The molecule has 0 amide bonds. The molecule has 25 heavy (non-hydrogen) atoms. The fourth-order valence-corrected chi connectivity index (χ4v) is 3.82. The van der Waals surface area contributed by atoms with Crippen LogP contribution in [-0.2, 0) is 22.7 Å². The minimum Gasteiger partial charge on any atom is -0.495 e. The average molecular weight is 364 g/mol. The van der Waals surface area contributed by atoms with Gasteiger partial charge in [0.2, 0.25) is 0 Å². The Labute approximate surface area is 148 Å². The topological polar surface area (TPSA) is 105 Å². The van der Waals surface area contributed by atoms with Crippen LogP contribution in [0.5, 0.6) is 11.5 Å². The van der Waals surface area contributed by atoms with Gasteiger partial charge in [-0.1, -0.05) is 12.1 Å². The lowest BCUT2D eigenvalue weighted by Crippen LogP contribution is -2.15. The van der Waals surface area contributed by atoms with Crippen molar-refractivity contribution in [3.63, 3.8) is 0 Å². The molecule has 0 fully saturated rings. The number of ether oxygens (including phenoxy) is 2. The van der Waals surface area contributed by atoms with E-state index in [1.54, 1.807) is 38.5 Å². The maximum atomic E-state index is 12.3. The lowest BCUT2D eigenvalue weighted by atomic mass is 10.1. The first-order valence-electron chi connectivity index (χ1n) is 7.90. The summed E-state index contributed by atoms with van der Waals surface area (Å²) in [6, 6.07) is 10.6. The van der Waals surface area contributed by atoms with Crippen molar-refractivity contribution in [2.45, 2.75) is 12.8 Å². The fourth-order valence-electron chi connectivity index (χ4n) is 2.53. The first-order valence-corrected chi connectivity index (χ1v) is 9.72. The summed E-state index contributed by atoms with van der Waals surface area (Å²) in [5.41, 5.74) is 14.4. The van der Waals surface area contributed by atoms with Gasteiger partial charge in [0.1, 0.15) is 11.5 Å². The number of nitrogen functional groups attached to an aromatic ring is 2. The van der Waals surface area contributed by atoms with Crippen LogP contribution in [0.1, 0.15) is 11.1 Å². The quantitative estimate of drug-likeness (QED) is 0.695. The molecule has 0 aliphatic carbocycles. The normalized spacial score (nSPS) is 11.3. The van der Waals surface area contributed by atoms with Crippen LogP contribution in [0.4, 0.5) is 11.4 Å². The molecule has 7 heteroatoms. The Balaban J connectivity index is 1.93. The zero-order valence-electron chi connectivity index (χ0n) is 14.5. The van der Waals surface area contributed by atoms with E-state index in [9.17, 15) is 8.42 Å². The second kappa shape index (κ2) is 8.11. The van der Waals surface area contributed by atoms with E-state index in [0.29, 0.717) is 35.7 Å².